The fraction of sp³-hybridized carbons (Fsp3) is 0.286. The summed E-state index contributed by atoms with van der Waals surface area (Å²) in [6.45, 7) is -0.768. The van der Waals surface area contributed by atoms with Gasteiger partial charge in [-0.15, -0.1) is 0 Å². The Balaban J connectivity index is 3.47. The van der Waals surface area contributed by atoms with Gasteiger partial charge < -0.3 is 5.11 Å². The summed E-state index contributed by atoms with van der Waals surface area (Å²) in [4.78, 5) is 13.1. The van der Waals surface area contributed by atoms with Crippen LogP contribution in [0, 0.1) is 10.1 Å². The van der Waals surface area contributed by atoms with E-state index in [-0.39, 0.29) is 10.3 Å². The number of alkyl halides is 2. The van der Waals surface area contributed by atoms with Crippen molar-refractivity contribution in [2.24, 2.45) is 0 Å². The number of nitro groups is 1. The Morgan fingerprint density at radius 3 is 2.67 bits per heavy atom. The standard InChI is InChI=1S/C7H5BrF2N2O3/c8-5-1-3(7(9)10)6(12(14)15)4(2-13)11-5/h1,7,13H,2H2. The average Bonchev–Trinajstić information content (AvgIpc) is 2.15. The maximum absolute atomic E-state index is 12.4. The molecule has 0 aliphatic rings. The molecule has 0 atom stereocenters. The highest BCUT2D eigenvalue weighted by atomic mass is 79.9. The number of aromatic nitrogens is 1. The van der Waals surface area contributed by atoms with E-state index in [4.69, 9.17) is 5.11 Å². The minimum atomic E-state index is -2.99. The lowest BCUT2D eigenvalue weighted by Gasteiger charge is -2.05. The van der Waals surface area contributed by atoms with Crippen molar-refractivity contribution >= 4 is 21.6 Å². The molecule has 1 aromatic rings. The fourth-order valence-electron chi connectivity index (χ4n) is 1.06. The Morgan fingerprint density at radius 1 is 1.67 bits per heavy atom. The Bertz CT molecular complexity index is 400. The molecule has 0 radical (unpaired) electrons. The first kappa shape index (κ1) is 11.9. The fourth-order valence-corrected chi connectivity index (χ4v) is 1.53. The van der Waals surface area contributed by atoms with Crippen molar-refractivity contribution in [3.05, 3.63) is 32.0 Å². The predicted octanol–water partition coefficient (Wildman–Crippen LogP) is 2.18. The SMILES string of the molecule is O=[N+]([O-])c1c(C(F)F)cc(Br)nc1CO. The van der Waals surface area contributed by atoms with Crippen LogP contribution in [0.4, 0.5) is 14.5 Å². The molecule has 0 amide bonds. The van der Waals surface area contributed by atoms with Crippen molar-refractivity contribution in [3.8, 4) is 0 Å². The minimum absolute atomic E-state index is 0.0208. The second kappa shape index (κ2) is 4.58. The highest BCUT2D eigenvalue weighted by Gasteiger charge is 2.27. The van der Waals surface area contributed by atoms with Gasteiger partial charge in [0, 0.05) is 0 Å². The zero-order chi connectivity index (χ0) is 11.6. The zero-order valence-electron chi connectivity index (χ0n) is 7.15. The van der Waals surface area contributed by atoms with E-state index >= 15 is 0 Å². The van der Waals surface area contributed by atoms with Gasteiger partial charge in [0.1, 0.15) is 15.9 Å². The third kappa shape index (κ3) is 2.45. The van der Waals surface area contributed by atoms with E-state index < -0.39 is 29.2 Å². The molecule has 0 aromatic carbocycles. The smallest absolute Gasteiger partial charge is 0.302 e. The second-order valence-electron chi connectivity index (χ2n) is 2.55. The number of hydrogen-bond acceptors (Lipinski definition) is 4. The number of pyridine rings is 1. The molecule has 5 nitrogen and oxygen atoms in total. The molecular formula is C7H5BrF2N2O3. The minimum Gasteiger partial charge on any atom is -0.390 e. The Labute approximate surface area is 91.0 Å². The van der Waals surface area contributed by atoms with Crippen molar-refractivity contribution in [2.45, 2.75) is 13.0 Å². The van der Waals surface area contributed by atoms with Gasteiger partial charge in [-0.1, -0.05) is 0 Å². The lowest BCUT2D eigenvalue weighted by atomic mass is 10.2. The summed E-state index contributed by atoms with van der Waals surface area (Å²) in [6, 6.07) is 0.863. The van der Waals surface area contributed by atoms with Crippen LogP contribution in [-0.4, -0.2) is 15.0 Å². The topological polar surface area (TPSA) is 76.3 Å². The van der Waals surface area contributed by atoms with Crippen LogP contribution in [0.2, 0.25) is 0 Å². The number of aliphatic hydroxyl groups excluding tert-OH is 1. The van der Waals surface area contributed by atoms with Gasteiger partial charge in [-0.2, -0.15) is 0 Å². The normalized spacial score (nSPS) is 10.7. The molecule has 1 aromatic heterocycles. The molecule has 1 heterocycles. The zero-order valence-corrected chi connectivity index (χ0v) is 8.74. The molecule has 0 saturated heterocycles. The predicted molar refractivity (Wildman–Crippen MR) is 49.5 cm³/mol. The van der Waals surface area contributed by atoms with Crippen LogP contribution in [0.15, 0.2) is 10.7 Å². The summed E-state index contributed by atoms with van der Waals surface area (Å²) in [5, 5.41) is 19.3. The van der Waals surface area contributed by atoms with Gasteiger partial charge in [0.05, 0.1) is 11.5 Å². The van der Waals surface area contributed by atoms with Gasteiger partial charge in [0.15, 0.2) is 0 Å². The lowest BCUT2D eigenvalue weighted by Crippen LogP contribution is -2.04. The van der Waals surface area contributed by atoms with Crippen LogP contribution < -0.4 is 0 Å². The van der Waals surface area contributed by atoms with E-state index in [1.54, 1.807) is 0 Å². The highest BCUT2D eigenvalue weighted by Crippen LogP contribution is 2.32. The van der Waals surface area contributed by atoms with Crippen LogP contribution in [0.25, 0.3) is 0 Å². The molecular weight excluding hydrogens is 278 g/mol. The summed E-state index contributed by atoms with van der Waals surface area (Å²) in [5.74, 6) is 0. The van der Waals surface area contributed by atoms with Crippen LogP contribution in [0.5, 0.6) is 0 Å². The van der Waals surface area contributed by atoms with E-state index in [1.165, 1.54) is 0 Å². The summed E-state index contributed by atoms with van der Waals surface area (Å²) >= 11 is 2.83. The van der Waals surface area contributed by atoms with Crippen molar-refractivity contribution in [1.82, 2.24) is 4.98 Å². The van der Waals surface area contributed by atoms with Crippen molar-refractivity contribution in [2.75, 3.05) is 0 Å². The molecule has 0 saturated carbocycles. The first-order valence-electron chi connectivity index (χ1n) is 3.70. The maximum atomic E-state index is 12.4. The van der Waals surface area contributed by atoms with Crippen LogP contribution in [0.1, 0.15) is 17.7 Å². The summed E-state index contributed by atoms with van der Waals surface area (Å²) in [6.07, 6.45) is -2.99. The summed E-state index contributed by atoms with van der Waals surface area (Å²) in [7, 11) is 0. The largest absolute Gasteiger partial charge is 0.390 e. The van der Waals surface area contributed by atoms with Crippen LogP contribution in [0.3, 0.4) is 0 Å². The number of halogens is 3. The molecule has 82 valence electrons. The van der Waals surface area contributed by atoms with Crippen molar-refractivity contribution < 1.29 is 18.8 Å². The third-order valence-corrected chi connectivity index (χ3v) is 2.04. The highest BCUT2D eigenvalue weighted by molar-refractivity contribution is 9.10. The third-order valence-electron chi connectivity index (χ3n) is 1.63. The molecule has 0 aliphatic carbocycles. The summed E-state index contributed by atoms with van der Waals surface area (Å²) < 4.78 is 24.9. The van der Waals surface area contributed by atoms with E-state index in [2.05, 4.69) is 20.9 Å². The molecule has 1 rings (SSSR count). The molecule has 15 heavy (non-hydrogen) atoms. The Hall–Kier alpha value is -1.15. The molecule has 0 fully saturated rings. The van der Waals surface area contributed by atoms with Gasteiger partial charge >= 0.3 is 5.69 Å². The molecule has 0 bridgehead atoms. The van der Waals surface area contributed by atoms with E-state index in [0.29, 0.717) is 0 Å². The quantitative estimate of drug-likeness (QED) is 0.524. The molecule has 0 aliphatic heterocycles. The van der Waals surface area contributed by atoms with Crippen LogP contribution in [-0.2, 0) is 6.61 Å². The number of hydrogen-bond donors (Lipinski definition) is 1. The van der Waals surface area contributed by atoms with Gasteiger partial charge in [-0.25, -0.2) is 13.8 Å². The van der Waals surface area contributed by atoms with Gasteiger partial charge in [-0.05, 0) is 22.0 Å². The summed E-state index contributed by atoms with van der Waals surface area (Å²) in [5.41, 5.74) is -1.98. The molecule has 0 unspecified atom stereocenters. The van der Waals surface area contributed by atoms with E-state index in [1.807, 2.05) is 0 Å². The van der Waals surface area contributed by atoms with E-state index in [9.17, 15) is 18.9 Å². The number of aliphatic hydroxyl groups is 1. The Kier molecular flexibility index (Phi) is 3.64. The van der Waals surface area contributed by atoms with Crippen molar-refractivity contribution in [3.63, 3.8) is 0 Å². The lowest BCUT2D eigenvalue weighted by molar-refractivity contribution is -0.387. The first-order valence-corrected chi connectivity index (χ1v) is 4.49. The maximum Gasteiger partial charge on any atom is 0.302 e. The molecule has 0 spiro atoms. The van der Waals surface area contributed by atoms with E-state index in [0.717, 1.165) is 6.07 Å². The second-order valence-corrected chi connectivity index (χ2v) is 3.36. The van der Waals surface area contributed by atoms with Gasteiger partial charge in [0.2, 0.25) is 0 Å². The molecule has 8 heteroatoms. The first-order chi connectivity index (χ1) is 6.97. The number of rotatable bonds is 3. The number of nitrogens with zero attached hydrogens (tertiary/aromatic N) is 2. The monoisotopic (exact) mass is 282 g/mol. The average molecular weight is 283 g/mol. The molecule has 1 N–H and O–H groups in total. The van der Waals surface area contributed by atoms with Crippen molar-refractivity contribution in [1.29, 1.82) is 0 Å². The van der Waals surface area contributed by atoms with Crippen LogP contribution >= 0.6 is 15.9 Å². The van der Waals surface area contributed by atoms with Gasteiger partial charge in [0.25, 0.3) is 6.43 Å². The Morgan fingerprint density at radius 2 is 2.27 bits per heavy atom. The van der Waals surface area contributed by atoms with Gasteiger partial charge in [-0.3, -0.25) is 10.1 Å².